The van der Waals surface area contributed by atoms with E-state index in [2.05, 4.69) is 119 Å². The Bertz CT molecular complexity index is 2330. The van der Waals surface area contributed by atoms with E-state index in [9.17, 15) is 19.8 Å². The zero-order valence-corrected chi connectivity index (χ0v) is 41.7. The van der Waals surface area contributed by atoms with E-state index in [-0.39, 0.29) is 24.0 Å². The number of ether oxygens (including phenoxy) is 2. The predicted octanol–water partition coefficient (Wildman–Crippen LogP) is 7.33. The van der Waals surface area contributed by atoms with Gasteiger partial charge in [-0.25, -0.2) is 0 Å². The highest BCUT2D eigenvalue weighted by molar-refractivity contribution is 8.76. The lowest BCUT2D eigenvalue weighted by molar-refractivity contribution is -0.000417. The maximum atomic E-state index is 13.4. The minimum Gasteiger partial charge on any atom is -0.391 e. The van der Waals surface area contributed by atoms with Crippen LogP contribution in [0, 0.1) is 0 Å². The first-order valence-corrected chi connectivity index (χ1v) is 27.3. The molecule has 2 aromatic rings. The SMILES string of the molecule is CC1(C)c2cc(C(=O)NCCSSCCNC(=O)c3ccc4c(c3)C(C)(C)C3(/C=C/C5=CC=C(N6CC[C@@H](O)C6)CC5)OCCN43)ccc2N2CCOC21/C=C/C1=CC=C(N2CC[C@@H](O)C2)CC1. The molecule has 6 heterocycles. The van der Waals surface area contributed by atoms with E-state index in [0.29, 0.717) is 37.4 Å². The van der Waals surface area contributed by atoms with Gasteiger partial charge in [-0.2, -0.15) is 0 Å². The fourth-order valence-electron chi connectivity index (χ4n) is 11.9. The van der Waals surface area contributed by atoms with Crippen LogP contribution in [-0.2, 0) is 20.3 Å². The summed E-state index contributed by atoms with van der Waals surface area (Å²) < 4.78 is 13.2. The fourth-order valence-corrected chi connectivity index (χ4v) is 13.7. The van der Waals surface area contributed by atoms with Crippen LogP contribution in [0.3, 0.4) is 0 Å². The van der Waals surface area contributed by atoms with Gasteiger partial charge in [0.1, 0.15) is 0 Å². The number of amides is 2. The number of rotatable bonds is 15. The molecule has 0 radical (unpaired) electrons. The second-order valence-corrected chi connectivity index (χ2v) is 23.2. The monoisotopic (exact) mass is 960 g/mol. The van der Waals surface area contributed by atoms with Gasteiger partial charge in [0.25, 0.3) is 11.8 Å². The molecule has 0 spiro atoms. The van der Waals surface area contributed by atoms with E-state index in [1.807, 2.05) is 24.3 Å². The number of hydrogen-bond acceptors (Lipinski definition) is 12. The quantitative estimate of drug-likeness (QED) is 0.105. The van der Waals surface area contributed by atoms with Gasteiger partial charge in [0, 0.05) is 109 Å². The number of benzene rings is 2. The molecule has 6 aliphatic heterocycles. The molecule has 12 nitrogen and oxygen atoms in total. The second-order valence-electron chi connectivity index (χ2n) is 20.5. The van der Waals surface area contributed by atoms with E-state index >= 15 is 0 Å². The lowest BCUT2D eigenvalue weighted by Crippen LogP contribution is -2.51. The summed E-state index contributed by atoms with van der Waals surface area (Å²) in [5.74, 6) is 1.32. The highest BCUT2D eigenvalue weighted by Crippen LogP contribution is 2.57. The van der Waals surface area contributed by atoms with E-state index in [4.69, 9.17) is 9.47 Å². The predicted molar refractivity (Wildman–Crippen MR) is 274 cm³/mol. The Morgan fingerprint density at radius 1 is 0.647 bits per heavy atom. The summed E-state index contributed by atoms with van der Waals surface area (Å²) >= 11 is 0. The molecule has 362 valence electrons. The van der Waals surface area contributed by atoms with Gasteiger partial charge in [-0.3, -0.25) is 9.59 Å². The average Bonchev–Trinajstić information content (AvgIpc) is 4.21. The maximum absolute atomic E-state index is 13.4. The number of nitrogens with zero attached hydrogens (tertiary/aromatic N) is 4. The molecule has 2 amide bonds. The van der Waals surface area contributed by atoms with Gasteiger partial charge < -0.3 is 49.9 Å². The smallest absolute Gasteiger partial charge is 0.251 e. The number of aliphatic hydroxyl groups is 2. The van der Waals surface area contributed by atoms with Crippen molar-refractivity contribution in [2.24, 2.45) is 0 Å². The molecule has 2 aromatic carbocycles. The molecule has 0 bridgehead atoms. The topological polar surface area (TPSA) is 130 Å². The van der Waals surface area contributed by atoms with Crippen LogP contribution in [0.15, 0.2) is 108 Å². The number of β-amino-alcohol motifs (C(OH)–C–C–N with tert-alkyl or cyclic N) is 2. The molecule has 68 heavy (non-hydrogen) atoms. The van der Waals surface area contributed by atoms with Gasteiger partial charge in [-0.15, -0.1) is 0 Å². The number of allylic oxidation sites excluding steroid dienone is 10. The number of likely N-dealkylation sites (tertiary alicyclic amines) is 2. The summed E-state index contributed by atoms with van der Waals surface area (Å²) in [6.07, 6.45) is 22.8. The molecule has 4 atom stereocenters. The molecular weight excluding hydrogens is 893 g/mol. The van der Waals surface area contributed by atoms with Crippen molar-refractivity contribution >= 4 is 44.8 Å². The van der Waals surface area contributed by atoms with Crippen LogP contribution in [0.5, 0.6) is 0 Å². The third-order valence-electron chi connectivity index (χ3n) is 15.8. The van der Waals surface area contributed by atoms with Crippen LogP contribution in [0.4, 0.5) is 11.4 Å². The normalized spacial score (nSPS) is 27.9. The van der Waals surface area contributed by atoms with Crippen LogP contribution in [-0.4, -0.2) is 133 Å². The number of aliphatic hydroxyl groups excluding tert-OH is 2. The van der Waals surface area contributed by atoms with Crippen LogP contribution in [0.25, 0.3) is 0 Å². The van der Waals surface area contributed by atoms with Crippen molar-refractivity contribution in [1.82, 2.24) is 20.4 Å². The summed E-state index contributed by atoms with van der Waals surface area (Å²) in [6, 6.07) is 12.1. The van der Waals surface area contributed by atoms with Crippen molar-refractivity contribution in [2.75, 3.05) is 86.9 Å². The highest BCUT2D eigenvalue weighted by Gasteiger charge is 2.60. The van der Waals surface area contributed by atoms with E-state index in [1.54, 1.807) is 21.6 Å². The van der Waals surface area contributed by atoms with Crippen molar-refractivity contribution in [3.63, 3.8) is 0 Å². The Morgan fingerprint density at radius 2 is 1.09 bits per heavy atom. The van der Waals surface area contributed by atoms with Crippen molar-refractivity contribution in [2.45, 2.75) is 101 Å². The molecule has 4 saturated heterocycles. The Labute approximate surface area is 410 Å². The minimum atomic E-state index is -0.634. The number of carbonyl (C=O) groups excluding carboxylic acids is 2. The number of fused-ring (bicyclic) bond motifs is 6. The van der Waals surface area contributed by atoms with Crippen molar-refractivity contribution in [3.05, 3.63) is 130 Å². The minimum absolute atomic E-state index is 0.0841. The first-order chi connectivity index (χ1) is 32.8. The Morgan fingerprint density at radius 3 is 1.47 bits per heavy atom. The van der Waals surface area contributed by atoms with Crippen molar-refractivity contribution < 1.29 is 29.3 Å². The standard InChI is InChI=1S/C54H68N6O6S2/c1-51(2)45-33-39(9-15-47(45)59-27-29-65-53(51,59)21-17-37-5-11-41(12-6-37)57-25-19-43(61)35-57)49(63)55-23-31-67-68-32-24-56-50(64)40-10-16-48-46(34-40)52(3,4)54(60(48)28-30-66-54)22-18-38-7-13-42(14-8-38)58-26-20-44(62)36-58/h5,7,9-11,13,15-18,21-22,33-34,43-44,61-62H,6,8,12,14,19-20,23-32,35-36H2,1-4H3,(H,55,63)(H,56,64)/b21-17+,22-18+/t43-,44-,53?,54?/m1/s1. The molecule has 2 aliphatic carbocycles. The molecule has 10 rings (SSSR count). The number of hydrogen-bond donors (Lipinski definition) is 4. The third kappa shape index (κ3) is 8.54. The summed E-state index contributed by atoms with van der Waals surface area (Å²) in [5.41, 5.74) is 8.86. The summed E-state index contributed by atoms with van der Waals surface area (Å²) in [6.45, 7) is 16.1. The first kappa shape index (κ1) is 47.2. The van der Waals surface area contributed by atoms with Gasteiger partial charge >= 0.3 is 0 Å². The second kappa shape index (κ2) is 19.0. The third-order valence-corrected chi connectivity index (χ3v) is 18.3. The van der Waals surface area contributed by atoms with E-state index < -0.39 is 22.3 Å². The first-order valence-electron chi connectivity index (χ1n) is 24.8. The van der Waals surface area contributed by atoms with Crippen LogP contribution >= 0.6 is 21.6 Å². The molecule has 2 unspecified atom stereocenters. The Kier molecular flexibility index (Phi) is 13.2. The van der Waals surface area contributed by atoms with Crippen LogP contribution in [0.2, 0.25) is 0 Å². The summed E-state index contributed by atoms with van der Waals surface area (Å²) in [4.78, 5) is 36.2. The maximum Gasteiger partial charge on any atom is 0.251 e. The van der Waals surface area contributed by atoms with Gasteiger partial charge in [0.15, 0.2) is 11.4 Å². The molecule has 0 aromatic heterocycles. The molecule has 4 N–H and O–H groups in total. The van der Waals surface area contributed by atoms with Gasteiger partial charge in [-0.1, -0.05) is 73.6 Å². The van der Waals surface area contributed by atoms with Gasteiger partial charge in [-0.05, 0) is 122 Å². The molecule has 4 fully saturated rings. The molecular formula is C54H68N6O6S2. The fraction of sp³-hybridized carbons (Fsp3) is 0.519. The number of carbonyl (C=O) groups is 2. The van der Waals surface area contributed by atoms with Crippen LogP contribution in [0.1, 0.15) is 98.1 Å². The van der Waals surface area contributed by atoms with E-state index in [1.165, 1.54) is 22.5 Å². The largest absolute Gasteiger partial charge is 0.391 e. The zero-order valence-electron chi connectivity index (χ0n) is 40.1. The number of anilines is 2. The Balaban J connectivity index is 0.679. The summed E-state index contributed by atoms with van der Waals surface area (Å²) in [5, 5.41) is 26.2. The molecule has 0 saturated carbocycles. The van der Waals surface area contributed by atoms with Crippen molar-refractivity contribution in [3.8, 4) is 0 Å². The zero-order chi connectivity index (χ0) is 47.3. The van der Waals surface area contributed by atoms with Gasteiger partial charge in [0.05, 0.1) is 25.4 Å². The molecule has 8 aliphatic rings. The van der Waals surface area contributed by atoms with Crippen LogP contribution < -0.4 is 20.4 Å². The molecule has 14 heteroatoms. The Hall–Kier alpha value is -4.44. The van der Waals surface area contributed by atoms with Crippen molar-refractivity contribution in [1.29, 1.82) is 0 Å². The lowest BCUT2D eigenvalue weighted by atomic mass is 9.76. The number of nitrogens with one attached hydrogen (secondary N) is 2. The summed E-state index contributed by atoms with van der Waals surface area (Å²) in [7, 11) is 3.39. The average molecular weight is 961 g/mol. The van der Waals surface area contributed by atoms with E-state index in [0.717, 1.165) is 112 Å². The lowest BCUT2D eigenvalue weighted by Gasteiger charge is -2.40. The highest BCUT2D eigenvalue weighted by atomic mass is 33.1. The van der Waals surface area contributed by atoms with Gasteiger partial charge in [0.2, 0.25) is 0 Å².